The number of rotatable bonds is 9. The number of halogens is 1. The number of amides is 2. The molecule has 5 rings (SSSR count). The monoisotopic (exact) mass is 640 g/mol. The van der Waals surface area contributed by atoms with Gasteiger partial charge < -0.3 is 19.9 Å². The molecule has 0 atom stereocenters. The van der Waals surface area contributed by atoms with Crippen molar-refractivity contribution in [3.05, 3.63) is 88.9 Å². The molecule has 1 spiro atoms. The fourth-order valence-corrected chi connectivity index (χ4v) is 7.36. The van der Waals surface area contributed by atoms with E-state index in [0.717, 1.165) is 21.5 Å². The predicted molar refractivity (Wildman–Crippen MR) is 160 cm³/mol. The number of piperidine rings is 1. The number of carbonyl (C=O) groups is 2. The summed E-state index contributed by atoms with van der Waals surface area (Å²) in [4.78, 5) is 30.7. The standard InChI is InChI=1S/C30H33BrN4O5S/c1-40-27-10-6-5-7-23(27)15-18-32-28(36)21-33-22-35(25-8-3-2-4-9-25)30(29(33)37)16-19-34(20-17-30)41(38,39)26-13-11-24(31)12-14-26/h2-14H,15-22H2,1H3,(H,32,36). The number of benzene rings is 3. The van der Waals surface area contributed by atoms with Crippen LogP contribution in [0.5, 0.6) is 5.75 Å². The Labute approximate surface area is 249 Å². The molecule has 0 aromatic heterocycles. The van der Waals surface area contributed by atoms with E-state index in [9.17, 15) is 18.0 Å². The van der Waals surface area contributed by atoms with E-state index in [1.807, 2.05) is 59.5 Å². The van der Waals surface area contributed by atoms with E-state index >= 15 is 0 Å². The molecule has 2 heterocycles. The third-order valence-corrected chi connectivity index (χ3v) is 10.3. The van der Waals surface area contributed by atoms with Gasteiger partial charge in [-0.05, 0) is 67.3 Å². The van der Waals surface area contributed by atoms with Gasteiger partial charge in [-0.2, -0.15) is 4.31 Å². The Kier molecular flexibility index (Phi) is 8.67. The molecule has 2 saturated heterocycles. The van der Waals surface area contributed by atoms with Crippen molar-refractivity contribution in [3.63, 3.8) is 0 Å². The molecule has 2 amide bonds. The number of para-hydroxylation sites is 2. The molecule has 3 aromatic carbocycles. The van der Waals surface area contributed by atoms with E-state index in [1.54, 1.807) is 36.3 Å². The normalized spacial score (nSPS) is 17.2. The number of hydrogen-bond donors (Lipinski definition) is 1. The summed E-state index contributed by atoms with van der Waals surface area (Å²) in [6, 6.07) is 23.8. The number of nitrogens with one attached hydrogen (secondary N) is 1. The molecule has 41 heavy (non-hydrogen) atoms. The van der Waals surface area contributed by atoms with Crippen molar-refractivity contribution in [2.24, 2.45) is 0 Å². The van der Waals surface area contributed by atoms with Crippen molar-refractivity contribution in [1.29, 1.82) is 0 Å². The maximum Gasteiger partial charge on any atom is 0.250 e. The molecule has 2 fully saturated rings. The van der Waals surface area contributed by atoms with Crippen molar-refractivity contribution < 1.29 is 22.7 Å². The molecule has 0 bridgehead atoms. The van der Waals surface area contributed by atoms with E-state index in [2.05, 4.69) is 21.2 Å². The Balaban J connectivity index is 1.28. The fraction of sp³-hybridized carbons (Fsp3) is 0.333. The zero-order valence-electron chi connectivity index (χ0n) is 22.8. The lowest BCUT2D eigenvalue weighted by atomic mass is 9.86. The van der Waals surface area contributed by atoms with Gasteiger partial charge in [0.2, 0.25) is 21.8 Å². The lowest BCUT2D eigenvalue weighted by Gasteiger charge is -2.42. The van der Waals surface area contributed by atoms with Crippen molar-refractivity contribution >= 4 is 43.5 Å². The fourth-order valence-electron chi connectivity index (χ4n) is 5.65. The average Bonchev–Trinajstić information content (AvgIpc) is 3.24. The number of anilines is 1. The van der Waals surface area contributed by atoms with Crippen LogP contribution < -0.4 is 15.0 Å². The van der Waals surface area contributed by atoms with Crippen molar-refractivity contribution in [2.75, 3.05) is 44.9 Å². The van der Waals surface area contributed by atoms with E-state index < -0.39 is 15.6 Å². The minimum absolute atomic E-state index is 0.0727. The molecule has 0 aliphatic carbocycles. The number of nitrogens with zero attached hydrogens (tertiary/aromatic N) is 3. The predicted octanol–water partition coefficient (Wildman–Crippen LogP) is 3.65. The maximum absolute atomic E-state index is 14.0. The van der Waals surface area contributed by atoms with Crippen LogP contribution in [0.1, 0.15) is 18.4 Å². The molecule has 0 unspecified atom stereocenters. The first kappa shape index (κ1) is 29.1. The van der Waals surface area contributed by atoms with Gasteiger partial charge in [-0.15, -0.1) is 0 Å². The largest absolute Gasteiger partial charge is 0.496 e. The Hall–Kier alpha value is -3.41. The van der Waals surface area contributed by atoms with Crippen LogP contribution in [0.2, 0.25) is 0 Å². The van der Waals surface area contributed by atoms with Crippen LogP contribution in [0.4, 0.5) is 5.69 Å². The maximum atomic E-state index is 14.0. The van der Waals surface area contributed by atoms with Gasteiger partial charge in [0, 0.05) is 29.8 Å². The summed E-state index contributed by atoms with van der Waals surface area (Å²) in [5, 5.41) is 2.93. The molecule has 2 aliphatic heterocycles. The number of sulfonamides is 1. The molecular weight excluding hydrogens is 608 g/mol. The minimum Gasteiger partial charge on any atom is -0.496 e. The molecule has 216 valence electrons. The quantitative estimate of drug-likeness (QED) is 0.383. The van der Waals surface area contributed by atoms with Crippen LogP contribution in [-0.2, 0) is 26.0 Å². The summed E-state index contributed by atoms with van der Waals surface area (Å²) in [6.45, 7) is 0.996. The number of hydrogen-bond acceptors (Lipinski definition) is 6. The highest BCUT2D eigenvalue weighted by atomic mass is 79.9. The van der Waals surface area contributed by atoms with Gasteiger partial charge in [0.15, 0.2) is 0 Å². The number of carbonyl (C=O) groups excluding carboxylic acids is 2. The Morgan fingerprint density at radius 1 is 0.976 bits per heavy atom. The van der Waals surface area contributed by atoms with Crippen molar-refractivity contribution in [2.45, 2.75) is 29.7 Å². The SMILES string of the molecule is COc1ccccc1CCNC(=O)CN1CN(c2ccccc2)C2(CCN(S(=O)(=O)c3ccc(Br)cc3)CC2)C1=O. The summed E-state index contributed by atoms with van der Waals surface area (Å²) in [5.41, 5.74) is 0.931. The van der Waals surface area contributed by atoms with Gasteiger partial charge in [-0.1, -0.05) is 52.3 Å². The van der Waals surface area contributed by atoms with Crippen molar-refractivity contribution in [1.82, 2.24) is 14.5 Å². The van der Waals surface area contributed by atoms with E-state index in [-0.39, 0.29) is 43.0 Å². The smallest absolute Gasteiger partial charge is 0.250 e. The van der Waals surface area contributed by atoms with Gasteiger partial charge in [-0.25, -0.2) is 8.42 Å². The number of methoxy groups -OCH3 is 1. The molecule has 0 radical (unpaired) electrons. The third-order valence-electron chi connectivity index (χ3n) is 7.83. The van der Waals surface area contributed by atoms with Gasteiger partial charge >= 0.3 is 0 Å². The lowest BCUT2D eigenvalue weighted by molar-refractivity contribution is -0.137. The molecule has 1 N–H and O–H groups in total. The topological polar surface area (TPSA) is 99.3 Å². The first-order chi connectivity index (χ1) is 19.7. The van der Waals surface area contributed by atoms with Crippen LogP contribution in [0.3, 0.4) is 0 Å². The minimum atomic E-state index is -3.70. The highest BCUT2D eigenvalue weighted by Crippen LogP contribution is 2.40. The van der Waals surface area contributed by atoms with Crippen LogP contribution >= 0.6 is 15.9 Å². The van der Waals surface area contributed by atoms with Gasteiger partial charge in [0.1, 0.15) is 17.8 Å². The number of ether oxygens (including phenoxy) is 1. The van der Waals surface area contributed by atoms with E-state index in [4.69, 9.17) is 4.74 Å². The lowest BCUT2D eigenvalue weighted by Crippen LogP contribution is -2.57. The highest BCUT2D eigenvalue weighted by molar-refractivity contribution is 9.10. The Morgan fingerprint density at radius 3 is 2.32 bits per heavy atom. The second-order valence-electron chi connectivity index (χ2n) is 10.2. The molecule has 2 aliphatic rings. The Morgan fingerprint density at radius 2 is 1.63 bits per heavy atom. The molecule has 11 heteroatoms. The molecule has 9 nitrogen and oxygen atoms in total. The zero-order chi connectivity index (χ0) is 29.0. The first-order valence-corrected chi connectivity index (χ1v) is 15.7. The van der Waals surface area contributed by atoms with Gasteiger partial charge in [0.05, 0.1) is 18.7 Å². The third kappa shape index (κ3) is 5.98. The van der Waals surface area contributed by atoms with Crippen LogP contribution in [-0.4, -0.2) is 74.9 Å². The summed E-state index contributed by atoms with van der Waals surface area (Å²) < 4.78 is 34.3. The summed E-state index contributed by atoms with van der Waals surface area (Å²) in [5.74, 6) is 0.376. The summed E-state index contributed by atoms with van der Waals surface area (Å²) >= 11 is 3.35. The Bertz CT molecular complexity index is 1490. The van der Waals surface area contributed by atoms with Crippen LogP contribution in [0.25, 0.3) is 0 Å². The highest BCUT2D eigenvalue weighted by Gasteiger charge is 2.55. The van der Waals surface area contributed by atoms with Gasteiger partial charge in [-0.3, -0.25) is 9.59 Å². The zero-order valence-corrected chi connectivity index (χ0v) is 25.2. The summed E-state index contributed by atoms with van der Waals surface area (Å²) in [6.07, 6.45) is 1.25. The average molecular weight is 642 g/mol. The van der Waals surface area contributed by atoms with Crippen LogP contribution in [0, 0.1) is 0 Å². The van der Waals surface area contributed by atoms with Gasteiger partial charge in [0.25, 0.3) is 0 Å². The van der Waals surface area contributed by atoms with E-state index in [1.165, 1.54) is 4.31 Å². The first-order valence-electron chi connectivity index (χ1n) is 13.5. The molecular formula is C30H33BrN4O5S. The molecule has 3 aromatic rings. The molecule has 0 saturated carbocycles. The van der Waals surface area contributed by atoms with Crippen LogP contribution in [0.15, 0.2) is 88.2 Å². The van der Waals surface area contributed by atoms with E-state index in [0.29, 0.717) is 25.8 Å². The second-order valence-corrected chi connectivity index (χ2v) is 13.1. The van der Waals surface area contributed by atoms with Crippen molar-refractivity contribution in [3.8, 4) is 5.75 Å². The summed E-state index contributed by atoms with van der Waals surface area (Å²) in [7, 11) is -2.08. The second kappa shape index (κ2) is 12.2.